The Kier molecular flexibility index (Phi) is 6.25. The molecule has 0 heterocycles. The van der Waals surface area contributed by atoms with Crippen LogP contribution in [0.5, 0.6) is 5.75 Å². The first-order chi connectivity index (χ1) is 10.7. The molecule has 116 valence electrons. The predicted octanol–water partition coefficient (Wildman–Crippen LogP) is 3.30. The Bertz CT molecular complexity index is 617. The number of halogens is 1. The molecule has 2 rings (SSSR count). The van der Waals surface area contributed by atoms with E-state index in [4.69, 9.17) is 21.1 Å². The minimum absolute atomic E-state index is 0.187. The predicted molar refractivity (Wildman–Crippen MR) is 86.4 cm³/mol. The molecular weight excluding hydrogens is 302 g/mol. The molecule has 1 amide bonds. The Morgan fingerprint density at radius 3 is 2.64 bits per heavy atom. The normalized spacial score (nSPS) is 10.3. The van der Waals surface area contributed by atoms with Gasteiger partial charge in [0, 0.05) is 12.1 Å². The minimum Gasteiger partial charge on any atom is -0.495 e. The number of benzene rings is 2. The third kappa shape index (κ3) is 4.76. The average Bonchev–Trinajstić information content (AvgIpc) is 2.55. The van der Waals surface area contributed by atoms with Crippen molar-refractivity contribution in [2.75, 3.05) is 20.3 Å². The van der Waals surface area contributed by atoms with Gasteiger partial charge in [-0.3, -0.25) is 4.79 Å². The zero-order chi connectivity index (χ0) is 15.8. The van der Waals surface area contributed by atoms with Crippen molar-refractivity contribution >= 4 is 17.5 Å². The molecule has 0 fully saturated rings. The van der Waals surface area contributed by atoms with Gasteiger partial charge in [-0.15, -0.1) is 0 Å². The molecule has 0 spiro atoms. The highest BCUT2D eigenvalue weighted by Crippen LogP contribution is 2.24. The van der Waals surface area contributed by atoms with Gasteiger partial charge < -0.3 is 14.8 Å². The van der Waals surface area contributed by atoms with Crippen molar-refractivity contribution in [1.82, 2.24) is 5.32 Å². The molecular formula is C17H18ClNO3. The van der Waals surface area contributed by atoms with Crippen molar-refractivity contribution in [3.8, 4) is 5.75 Å². The summed E-state index contributed by atoms with van der Waals surface area (Å²) in [5.41, 5.74) is 1.60. The zero-order valence-corrected chi connectivity index (χ0v) is 13.1. The van der Waals surface area contributed by atoms with Crippen LogP contribution in [0.2, 0.25) is 5.02 Å². The summed E-state index contributed by atoms with van der Waals surface area (Å²) in [5, 5.41) is 3.20. The Morgan fingerprint density at radius 2 is 1.95 bits per heavy atom. The first kappa shape index (κ1) is 16.3. The molecule has 0 saturated carbocycles. The molecule has 2 aromatic rings. The van der Waals surface area contributed by atoms with E-state index in [0.29, 0.717) is 36.1 Å². The Hall–Kier alpha value is -2.04. The third-order valence-corrected chi connectivity index (χ3v) is 3.35. The SMILES string of the molecule is COc1ccc(C(=O)NCCOCc2ccccc2)cc1Cl. The van der Waals surface area contributed by atoms with E-state index in [0.717, 1.165) is 5.56 Å². The molecule has 5 heteroatoms. The Morgan fingerprint density at radius 1 is 1.18 bits per heavy atom. The number of carbonyl (C=O) groups excluding carboxylic acids is 1. The molecule has 0 saturated heterocycles. The molecule has 0 unspecified atom stereocenters. The van der Waals surface area contributed by atoms with E-state index < -0.39 is 0 Å². The van der Waals surface area contributed by atoms with Crippen molar-refractivity contribution in [3.63, 3.8) is 0 Å². The first-order valence-electron chi connectivity index (χ1n) is 6.94. The van der Waals surface area contributed by atoms with Gasteiger partial charge in [0.2, 0.25) is 0 Å². The fraction of sp³-hybridized carbons (Fsp3) is 0.235. The van der Waals surface area contributed by atoms with E-state index in [1.165, 1.54) is 7.11 Å². The van der Waals surface area contributed by atoms with Crippen LogP contribution in [0.4, 0.5) is 0 Å². The lowest BCUT2D eigenvalue weighted by molar-refractivity contribution is 0.0901. The quantitative estimate of drug-likeness (QED) is 0.797. The summed E-state index contributed by atoms with van der Waals surface area (Å²) in [6.07, 6.45) is 0. The number of methoxy groups -OCH3 is 1. The van der Waals surface area contributed by atoms with E-state index in [-0.39, 0.29) is 5.91 Å². The molecule has 1 N–H and O–H groups in total. The Balaban J connectivity index is 1.72. The molecule has 4 nitrogen and oxygen atoms in total. The molecule has 0 aliphatic heterocycles. The number of ether oxygens (including phenoxy) is 2. The van der Waals surface area contributed by atoms with Crippen molar-refractivity contribution in [3.05, 3.63) is 64.7 Å². The maximum Gasteiger partial charge on any atom is 0.251 e. The molecule has 0 aliphatic rings. The fourth-order valence-corrected chi connectivity index (χ4v) is 2.17. The summed E-state index contributed by atoms with van der Waals surface area (Å²) in [5.74, 6) is 0.359. The lowest BCUT2D eigenvalue weighted by Crippen LogP contribution is -2.27. The van der Waals surface area contributed by atoms with Gasteiger partial charge in [0.05, 0.1) is 25.3 Å². The summed E-state index contributed by atoms with van der Waals surface area (Å²) in [6, 6.07) is 14.8. The molecule has 22 heavy (non-hydrogen) atoms. The van der Waals surface area contributed by atoms with Crippen LogP contribution in [0.15, 0.2) is 48.5 Å². The van der Waals surface area contributed by atoms with Crippen LogP contribution >= 0.6 is 11.6 Å². The Labute approximate surface area is 135 Å². The number of hydrogen-bond donors (Lipinski definition) is 1. The largest absolute Gasteiger partial charge is 0.495 e. The van der Waals surface area contributed by atoms with Crippen LogP contribution in [0.3, 0.4) is 0 Å². The van der Waals surface area contributed by atoms with Crippen LogP contribution in [0.1, 0.15) is 15.9 Å². The fourth-order valence-electron chi connectivity index (χ4n) is 1.91. The molecule has 2 aromatic carbocycles. The zero-order valence-electron chi connectivity index (χ0n) is 12.3. The van der Waals surface area contributed by atoms with Crippen molar-refractivity contribution in [1.29, 1.82) is 0 Å². The number of nitrogens with one attached hydrogen (secondary N) is 1. The molecule has 0 bridgehead atoms. The van der Waals surface area contributed by atoms with Crippen molar-refractivity contribution in [2.45, 2.75) is 6.61 Å². The van der Waals surface area contributed by atoms with Crippen LogP contribution in [0, 0.1) is 0 Å². The number of amides is 1. The first-order valence-corrected chi connectivity index (χ1v) is 7.32. The lowest BCUT2D eigenvalue weighted by Gasteiger charge is -2.08. The number of rotatable bonds is 7. The van der Waals surface area contributed by atoms with Crippen LogP contribution in [-0.4, -0.2) is 26.2 Å². The van der Waals surface area contributed by atoms with E-state index in [9.17, 15) is 4.79 Å². The topological polar surface area (TPSA) is 47.6 Å². The summed E-state index contributed by atoms with van der Waals surface area (Å²) >= 11 is 6.00. The molecule has 0 aliphatic carbocycles. The van der Waals surface area contributed by atoms with Crippen molar-refractivity contribution < 1.29 is 14.3 Å². The van der Waals surface area contributed by atoms with E-state index >= 15 is 0 Å². The maximum atomic E-state index is 12.0. The summed E-state index contributed by atoms with van der Waals surface area (Å²) in [7, 11) is 1.53. The van der Waals surface area contributed by atoms with Gasteiger partial charge in [-0.2, -0.15) is 0 Å². The summed E-state index contributed by atoms with van der Waals surface area (Å²) in [6.45, 7) is 1.42. The van der Waals surface area contributed by atoms with Crippen LogP contribution < -0.4 is 10.1 Å². The van der Waals surface area contributed by atoms with E-state index in [2.05, 4.69) is 5.32 Å². The van der Waals surface area contributed by atoms with E-state index in [1.54, 1.807) is 18.2 Å². The summed E-state index contributed by atoms with van der Waals surface area (Å²) < 4.78 is 10.6. The van der Waals surface area contributed by atoms with Crippen LogP contribution in [0.25, 0.3) is 0 Å². The maximum absolute atomic E-state index is 12.0. The highest BCUT2D eigenvalue weighted by atomic mass is 35.5. The molecule has 0 aromatic heterocycles. The second-order valence-electron chi connectivity index (χ2n) is 4.64. The van der Waals surface area contributed by atoms with Crippen LogP contribution in [-0.2, 0) is 11.3 Å². The second kappa shape index (κ2) is 8.41. The average molecular weight is 320 g/mol. The monoisotopic (exact) mass is 319 g/mol. The number of carbonyl (C=O) groups is 1. The van der Waals surface area contributed by atoms with Crippen molar-refractivity contribution in [2.24, 2.45) is 0 Å². The van der Waals surface area contributed by atoms with Gasteiger partial charge in [0.1, 0.15) is 5.75 Å². The van der Waals surface area contributed by atoms with Gasteiger partial charge >= 0.3 is 0 Å². The highest BCUT2D eigenvalue weighted by molar-refractivity contribution is 6.32. The third-order valence-electron chi connectivity index (χ3n) is 3.06. The van der Waals surface area contributed by atoms with E-state index in [1.807, 2.05) is 30.3 Å². The molecule has 0 radical (unpaired) electrons. The standard InChI is InChI=1S/C17H18ClNO3/c1-21-16-8-7-14(11-15(16)18)17(20)19-9-10-22-12-13-5-3-2-4-6-13/h2-8,11H,9-10,12H2,1H3,(H,19,20). The second-order valence-corrected chi connectivity index (χ2v) is 5.05. The van der Waals surface area contributed by atoms with Gasteiger partial charge in [-0.05, 0) is 23.8 Å². The lowest BCUT2D eigenvalue weighted by atomic mass is 10.2. The van der Waals surface area contributed by atoms with Gasteiger partial charge in [-0.1, -0.05) is 41.9 Å². The molecule has 0 atom stereocenters. The smallest absolute Gasteiger partial charge is 0.251 e. The van der Waals surface area contributed by atoms with Gasteiger partial charge in [0.25, 0.3) is 5.91 Å². The minimum atomic E-state index is -0.187. The number of hydrogen-bond acceptors (Lipinski definition) is 3. The highest BCUT2D eigenvalue weighted by Gasteiger charge is 2.08. The van der Waals surface area contributed by atoms with Gasteiger partial charge in [-0.25, -0.2) is 0 Å². The summed E-state index contributed by atoms with van der Waals surface area (Å²) in [4.78, 5) is 12.0. The van der Waals surface area contributed by atoms with Gasteiger partial charge in [0.15, 0.2) is 0 Å².